The van der Waals surface area contributed by atoms with E-state index in [-0.39, 0.29) is 12.5 Å². The van der Waals surface area contributed by atoms with Crippen molar-refractivity contribution in [3.05, 3.63) is 17.0 Å². The zero-order valence-electron chi connectivity index (χ0n) is 10.1. The molecule has 0 spiro atoms. The van der Waals surface area contributed by atoms with Gasteiger partial charge in [0.15, 0.2) is 0 Å². The maximum absolute atomic E-state index is 11.9. The smallest absolute Gasteiger partial charge is 0.270 e. The number of primary amides is 1. The second-order valence-corrected chi connectivity index (χ2v) is 4.83. The number of aromatic nitrogens is 2. The number of carbonyl (C=O) groups is 2. The number of amides is 2. The van der Waals surface area contributed by atoms with Crippen LogP contribution in [0.1, 0.15) is 34.7 Å². The van der Waals surface area contributed by atoms with E-state index in [1.165, 1.54) is 4.68 Å². The number of rotatable bonds is 1. The predicted molar refractivity (Wildman–Crippen MR) is 62.8 cm³/mol. The van der Waals surface area contributed by atoms with Crippen molar-refractivity contribution in [2.24, 2.45) is 5.73 Å². The minimum Gasteiger partial charge on any atom is -0.368 e. The van der Waals surface area contributed by atoms with Crippen LogP contribution in [-0.4, -0.2) is 34.2 Å². The molecule has 2 unspecified atom stereocenters. The average molecular weight is 249 g/mol. The van der Waals surface area contributed by atoms with Gasteiger partial charge in [-0.15, -0.1) is 0 Å². The molecule has 1 aromatic heterocycles. The highest BCUT2D eigenvalue weighted by molar-refractivity contribution is 5.96. The van der Waals surface area contributed by atoms with Crippen LogP contribution in [0.15, 0.2) is 0 Å². The molecule has 0 aromatic carbocycles. The summed E-state index contributed by atoms with van der Waals surface area (Å²) < 4.78 is 1.49. The first-order valence-electron chi connectivity index (χ1n) is 5.99. The van der Waals surface area contributed by atoms with Crippen LogP contribution in [0.4, 0.5) is 0 Å². The summed E-state index contributed by atoms with van der Waals surface area (Å²) in [4.78, 5) is 23.3. The van der Waals surface area contributed by atoms with Gasteiger partial charge in [-0.25, -0.2) is 4.68 Å². The van der Waals surface area contributed by atoms with E-state index in [0.29, 0.717) is 18.3 Å². The molecule has 2 amide bonds. The van der Waals surface area contributed by atoms with E-state index in [4.69, 9.17) is 5.73 Å². The Bertz CT molecular complexity index is 536. The summed E-state index contributed by atoms with van der Waals surface area (Å²) >= 11 is 0. The lowest BCUT2D eigenvalue weighted by atomic mass is 10.0. The first-order valence-corrected chi connectivity index (χ1v) is 5.99. The zero-order valence-corrected chi connectivity index (χ0v) is 10.1. The molecule has 0 aliphatic carbocycles. The van der Waals surface area contributed by atoms with Gasteiger partial charge in [-0.3, -0.25) is 9.59 Å². The lowest BCUT2D eigenvalue weighted by molar-refractivity contribution is -0.121. The summed E-state index contributed by atoms with van der Waals surface area (Å²) in [7, 11) is 0. The van der Waals surface area contributed by atoms with Gasteiger partial charge in [-0.2, -0.15) is 5.10 Å². The highest BCUT2D eigenvalue weighted by Crippen LogP contribution is 2.25. The fourth-order valence-corrected chi connectivity index (χ4v) is 2.55. The Balaban J connectivity index is 2.12. The maximum Gasteiger partial charge on any atom is 0.270 e. The number of nitrogens with zero attached hydrogens (tertiary/aromatic N) is 2. The van der Waals surface area contributed by atoms with E-state index >= 15 is 0 Å². The Morgan fingerprint density at radius 2 is 2.33 bits per heavy atom. The highest BCUT2D eigenvalue weighted by Gasteiger charge is 2.35. The van der Waals surface area contributed by atoms with Gasteiger partial charge in [0.2, 0.25) is 5.91 Å². The Kier molecular flexibility index (Phi) is 2.37. The molecule has 96 valence electrons. The maximum atomic E-state index is 11.9. The van der Waals surface area contributed by atoms with E-state index < -0.39 is 11.9 Å². The standard InChI is InChI=1S/C11H15N5O2/c1-5-2-7-6(3-13-5)9-11(18)14-4-8(10(12)17)16(9)15-7/h5,8,13H,2-4H2,1H3,(H2,12,17)(H,14,18). The van der Waals surface area contributed by atoms with Crippen LogP contribution in [0.25, 0.3) is 0 Å². The number of nitrogens with one attached hydrogen (secondary N) is 2. The van der Waals surface area contributed by atoms with Gasteiger partial charge in [0.05, 0.1) is 5.69 Å². The van der Waals surface area contributed by atoms with Gasteiger partial charge in [0, 0.05) is 31.1 Å². The third-order valence-corrected chi connectivity index (χ3v) is 3.51. The minimum atomic E-state index is -0.585. The molecule has 4 N–H and O–H groups in total. The van der Waals surface area contributed by atoms with Crippen molar-refractivity contribution < 1.29 is 9.59 Å². The molecule has 1 aromatic rings. The summed E-state index contributed by atoms with van der Waals surface area (Å²) in [6.45, 7) is 2.88. The zero-order chi connectivity index (χ0) is 12.9. The van der Waals surface area contributed by atoms with Crippen LogP contribution in [0.2, 0.25) is 0 Å². The fraction of sp³-hybridized carbons (Fsp3) is 0.545. The van der Waals surface area contributed by atoms with Crippen molar-refractivity contribution in [2.45, 2.75) is 32.0 Å². The average Bonchev–Trinajstić information content (AvgIpc) is 2.67. The molecule has 7 nitrogen and oxygen atoms in total. The second-order valence-electron chi connectivity index (χ2n) is 4.83. The van der Waals surface area contributed by atoms with Gasteiger partial charge in [0.25, 0.3) is 5.91 Å². The van der Waals surface area contributed by atoms with Gasteiger partial charge < -0.3 is 16.4 Å². The van der Waals surface area contributed by atoms with Gasteiger partial charge in [-0.05, 0) is 6.92 Å². The summed E-state index contributed by atoms with van der Waals surface area (Å²) in [5.41, 5.74) is 7.59. The molecule has 3 heterocycles. The topological polar surface area (TPSA) is 102 Å². The van der Waals surface area contributed by atoms with Crippen LogP contribution in [0.3, 0.4) is 0 Å². The summed E-state index contributed by atoms with van der Waals surface area (Å²) in [5.74, 6) is -0.658. The Morgan fingerprint density at radius 1 is 1.56 bits per heavy atom. The van der Waals surface area contributed by atoms with Crippen LogP contribution in [0, 0.1) is 0 Å². The quantitative estimate of drug-likeness (QED) is 0.575. The Morgan fingerprint density at radius 3 is 3.06 bits per heavy atom. The van der Waals surface area contributed by atoms with E-state index in [0.717, 1.165) is 17.7 Å². The number of hydrogen-bond acceptors (Lipinski definition) is 4. The predicted octanol–water partition coefficient (Wildman–Crippen LogP) is -1.31. The molecule has 0 bridgehead atoms. The summed E-state index contributed by atoms with van der Waals surface area (Å²) in [5, 5.41) is 10.4. The number of hydrogen-bond donors (Lipinski definition) is 3. The minimum absolute atomic E-state index is 0.183. The Labute approximate surface area is 104 Å². The molecular formula is C11H15N5O2. The van der Waals surface area contributed by atoms with Crippen molar-refractivity contribution in [1.82, 2.24) is 20.4 Å². The lowest BCUT2D eigenvalue weighted by Crippen LogP contribution is -2.45. The fourth-order valence-electron chi connectivity index (χ4n) is 2.55. The normalized spacial score (nSPS) is 26.2. The van der Waals surface area contributed by atoms with Crippen LogP contribution in [-0.2, 0) is 17.8 Å². The van der Waals surface area contributed by atoms with Crippen LogP contribution in [0.5, 0.6) is 0 Å². The monoisotopic (exact) mass is 249 g/mol. The van der Waals surface area contributed by atoms with E-state index in [9.17, 15) is 9.59 Å². The highest BCUT2D eigenvalue weighted by atomic mass is 16.2. The second kappa shape index (κ2) is 3.81. The van der Waals surface area contributed by atoms with Gasteiger partial charge in [-0.1, -0.05) is 0 Å². The van der Waals surface area contributed by atoms with Gasteiger partial charge in [0.1, 0.15) is 11.7 Å². The molecule has 0 saturated carbocycles. The molecule has 7 heteroatoms. The van der Waals surface area contributed by atoms with Crippen molar-refractivity contribution >= 4 is 11.8 Å². The first-order chi connectivity index (χ1) is 8.58. The molecular weight excluding hydrogens is 234 g/mol. The van der Waals surface area contributed by atoms with E-state index in [1.807, 2.05) is 0 Å². The van der Waals surface area contributed by atoms with E-state index in [1.54, 1.807) is 0 Å². The van der Waals surface area contributed by atoms with Crippen molar-refractivity contribution in [3.8, 4) is 0 Å². The van der Waals surface area contributed by atoms with Crippen molar-refractivity contribution in [2.75, 3.05) is 6.54 Å². The molecule has 2 aliphatic heterocycles. The Hall–Kier alpha value is -1.89. The number of fused-ring (bicyclic) bond motifs is 3. The molecule has 18 heavy (non-hydrogen) atoms. The lowest BCUT2D eigenvalue weighted by Gasteiger charge is -2.23. The summed E-state index contributed by atoms with van der Waals surface area (Å²) in [6, 6.07) is -0.261. The molecule has 0 radical (unpaired) electrons. The molecule has 0 fully saturated rings. The van der Waals surface area contributed by atoms with Crippen molar-refractivity contribution in [1.29, 1.82) is 0 Å². The SMILES string of the molecule is CC1Cc2nn3c(c2CN1)C(=O)NCC3C(N)=O. The largest absolute Gasteiger partial charge is 0.368 e. The third kappa shape index (κ3) is 1.51. The molecule has 3 rings (SSSR count). The summed E-state index contributed by atoms with van der Waals surface area (Å²) in [6.07, 6.45) is 0.758. The number of carbonyl (C=O) groups excluding carboxylic acids is 2. The molecule has 2 aliphatic rings. The van der Waals surface area contributed by atoms with Gasteiger partial charge >= 0.3 is 0 Å². The first kappa shape index (κ1) is 11.2. The third-order valence-electron chi connectivity index (χ3n) is 3.51. The number of nitrogens with two attached hydrogens (primary N) is 1. The van der Waals surface area contributed by atoms with E-state index in [2.05, 4.69) is 22.7 Å². The van der Waals surface area contributed by atoms with Crippen LogP contribution >= 0.6 is 0 Å². The molecule has 2 atom stereocenters. The van der Waals surface area contributed by atoms with Crippen molar-refractivity contribution in [3.63, 3.8) is 0 Å². The molecule has 0 saturated heterocycles. The van der Waals surface area contributed by atoms with Crippen LogP contribution < -0.4 is 16.4 Å².